The number of aryl methyl sites for hydroxylation is 1. The molecule has 0 aromatic heterocycles. The van der Waals surface area contributed by atoms with Crippen molar-refractivity contribution in [2.24, 2.45) is 0 Å². The molecule has 1 aromatic carbocycles. The smallest absolute Gasteiger partial charge is 0.0452 e. The first kappa shape index (κ1) is 8.58. The highest BCUT2D eigenvalue weighted by molar-refractivity contribution is 9.09. The quantitative estimate of drug-likeness (QED) is 0.603. The van der Waals surface area contributed by atoms with Gasteiger partial charge in [-0.1, -0.05) is 39.7 Å². The number of alkyl halides is 1. The molecule has 0 N–H and O–H groups in total. The average Bonchev–Trinajstić information content (AvgIpc) is 2.04. The van der Waals surface area contributed by atoms with Crippen molar-refractivity contribution in [3.05, 3.63) is 34.3 Å². The summed E-state index contributed by atoms with van der Waals surface area (Å²) in [5, 5.41) is 0.911. The Hall–Kier alpha value is -0.0100. The molecule has 0 fully saturated rings. The number of fused-ring (bicyclic) bond motifs is 1. The zero-order valence-electron chi connectivity index (χ0n) is 6.69. The van der Waals surface area contributed by atoms with Crippen molar-refractivity contribution < 1.29 is 0 Å². The van der Waals surface area contributed by atoms with Crippen molar-refractivity contribution in [2.45, 2.75) is 24.1 Å². The largest absolute Gasteiger partial charge is 0.0840 e. The van der Waals surface area contributed by atoms with Crippen molar-refractivity contribution in [3.63, 3.8) is 0 Å². The second-order valence-electron chi connectivity index (χ2n) is 3.17. The van der Waals surface area contributed by atoms with Crippen LogP contribution in [0.1, 0.15) is 28.8 Å². The molecule has 0 unspecified atom stereocenters. The molecule has 0 saturated heterocycles. The molecular weight excluding hydrogens is 235 g/mol. The van der Waals surface area contributed by atoms with Gasteiger partial charge >= 0.3 is 0 Å². The first-order chi connectivity index (χ1) is 5.79. The molecule has 0 aliphatic heterocycles. The summed E-state index contributed by atoms with van der Waals surface area (Å²) in [5.41, 5.74) is 2.72. The van der Waals surface area contributed by atoms with E-state index in [1.807, 2.05) is 12.1 Å². The third-order valence-corrected chi connectivity index (χ3v) is 3.61. The third kappa shape index (κ3) is 1.40. The van der Waals surface area contributed by atoms with Gasteiger partial charge in [0.2, 0.25) is 0 Å². The van der Waals surface area contributed by atoms with Gasteiger partial charge in [-0.05, 0) is 36.5 Å². The second kappa shape index (κ2) is 3.39. The van der Waals surface area contributed by atoms with E-state index >= 15 is 0 Å². The molecule has 0 spiro atoms. The summed E-state index contributed by atoms with van der Waals surface area (Å²) >= 11 is 9.76. The minimum absolute atomic E-state index is 0.468. The molecule has 1 aliphatic carbocycles. The zero-order valence-corrected chi connectivity index (χ0v) is 9.03. The standard InChI is InChI=1S/C10H10BrCl/c11-8-5-1-3-7-4-2-6-9(12)10(7)8/h2,4,6,8H,1,3,5H2/t8-/m1/s1. The van der Waals surface area contributed by atoms with E-state index in [0.29, 0.717) is 4.83 Å². The van der Waals surface area contributed by atoms with E-state index in [2.05, 4.69) is 22.0 Å². The number of benzene rings is 1. The van der Waals surface area contributed by atoms with E-state index in [9.17, 15) is 0 Å². The summed E-state index contributed by atoms with van der Waals surface area (Å²) in [7, 11) is 0. The van der Waals surface area contributed by atoms with Crippen molar-refractivity contribution in [2.75, 3.05) is 0 Å². The molecule has 1 aliphatic rings. The second-order valence-corrected chi connectivity index (χ2v) is 4.68. The van der Waals surface area contributed by atoms with Crippen LogP contribution in [0.4, 0.5) is 0 Å². The summed E-state index contributed by atoms with van der Waals surface area (Å²) in [6.07, 6.45) is 3.65. The molecule has 1 aromatic rings. The molecule has 0 heterocycles. The number of hydrogen-bond acceptors (Lipinski definition) is 0. The highest BCUT2D eigenvalue weighted by atomic mass is 79.9. The fourth-order valence-corrected chi connectivity index (χ4v) is 3.09. The Morgan fingerprint density at radius 3 is 3.00 bits per heavy atom. The van der Waals surface area contributed by atoms with E-state index < -0.39 is 0 Å². The van der Waals surface area contributed by atoms with Gasteiger partial charge in [0, 0.05) is 9.85 Å². The summed E-state index contributed by atoms with van der Waals surface area (Å²) in [6, 6.07) is 6.18. The van der Waals surface area contributed by atoms with Gasteiger partial charge in [-0.2, -0.15) is 0 Å². The van der Waals surface area contributed by atoms with E-state index in [0.717, 1.165) is 5.02 Å². The van der Waals surface area contributed by atoms with E-state index in [4.69, 9.17) is 11.6 Å². The van der Waals surface area contributed by atoms with E-state index in [1.54, 1.807) is 0 Å². The van der Waals surface area contributed by atoms with Gasteiger partial charge in [-0.3, -0.25) is 0 Å². The van der Waals surface area contributed by atoms with Crippen LogP contribution >= 0.6 is 27.5 Å². The van der Waals surface area contributed by atoms with Crippen LogP contribution in [0, 0.1) is 0 Å². The van der Waals surface area contributed by atoms with Gasteiger partial charge in [0.1, 0.15) is 0 Å². The molecule has 0 saturated carbocycles. The predicted octanol–water partition coefficient (Wildman–Crippen LogP) is 4.11. The number of rotatable bonds is 0. The monoisotopic (exact) mass is 244 g/mol. The lowest BCUT2D eigenvalue weighted by Gasteiger charge is -2.21. The lowest BCUT2D eigenvalue weighted by molar-refractivity contribution is 0.681. The molecular formula is C10H10BrCl. The maximum Gasteiger partial charge on any atom is 0.0452 e. The Bertz CT molecular complexity index is 296. The first-order valence-corrected chi connectivity index (χ1v) is 5.50. The molecule has 0 nitrogen and oxygen atoms in total. The molecule has 64 valence electrons. The molecule has 2 rings (SSSR count). The Kier molecular flexibility index (Phi) is 2.42. The molecule has 0 bridgehead atoms. The summed E-state index contributed by atoms with van der Waals surface area (Å²) in [4.78, 5) is 0.468. The summed E-state index contributed by atoms with van der Waals surface area (Å²) in [6.45, 7) is 0. The van der Waals surface area contributed by atoms with Crippen molar-refractivity contribution in [1.29, 1.82) is 0 Å². The van der Waals surface area contributed by atoms with Crippen LogP contribution in [0.15, 0.2) is 18.2 Å². The minimum atomic E-state index is 0.468. The number of halogens is 2. The van der Waals surface area contributed by atoms with Gasteiger partial charge < -0.3 is 0 Å². The molecule has 0 amide bonds. The molecule has 0 radical (unpaired) electrons. The topological polar surface area (TPSA) is 0 Å². The third-order valence-electron chi connectivity index (χ3n) is 2.36. The van der Waals surface area contributed by atoms with Crippen LogP contribution in [-0.4, -0.2) is 0 Å². The van der Waals surface area contributed by atoms with Gasteiger partial charge in [-0.15, -0.1) is 0 Å². The van der Waals surface area contributed by atoms with Gasteiger partial charge in [0.25, 0.3) is 0 Å². The predicted molar refractivity (Wildman–Crippen MR) is 56.1 cm³/mol. The Balaban J connectivity index is 2.53. The van der Waals surface area contributed by atoms with Crippen LogP contribution in [-0.2, 0) is 6.42 Å². The molecule has 12 heavy (non-hydrogen) atoms. The minimum Gasteiger partial charge on any atom is -0.0840 e. The van der Waals surface area contributed by atoms with Gasteiger partial charge in [0.15, 0.2) is 0 Å². The Morgan fingerprint density at radius 1 is 1.42 bits per heavy atom. The van der Waals surface area contributed by atoms with Gasteiger partial charge in [0.05, 0.1) is 0 Å². The highest BCUT2D eigenvalue weighted by Gasteiger charge is 2.19. The van der Waals surface area contributed by atoms with Crippen molar-refractivity contribution >= 4 is 27.5 Å². The Labute approximate surface area is 86.1 Å². The maximum absolute atomic E-state index is 6.11. The highest BCUT2D eigenvalue weighted by Crippen LogP contribution is 2.39. The average molecular weight is 246 g/mol. The van der Waals surface area contributed by atoms with E-state index in [1.165, 1.54) is 30.4 Å². The lowest BCUT2D eigenvalue weighted by atomic mass is 9.92. The van der Waals surface area contributed by atoms with Crippen molar-refractivity contribution in [1.82, 2.24) is 0 Å². The van der Waals surface area contributed by atoms with Crippen molar-refractivity contribution in [3.8, 4) is 0 Å². The molecule has 2 heteroatoms. The van der Waals surface area contributed by atoms with Crippen LogP contribution in [0.25, 0.3) is 0 Å². The van der Waals surface area contributed by atoms with Crippen LogP contribution in [0.2, 0.25) is 5.02 Å². The maximum atomic E-state index is 6.11. The Morgan fingerprint density at radius 2 is 2.25 bits per heavy atom. The fraction of sp³-hybridized carbons (Fsp3) is 0.400. The fourth-order valence-electron chi connectivity index (χ4n) is 1.77. The zero-order chi connectivity index (χ0) is 8.55. The normalized spacial score (nSPS) is 22.0. The van der Waals surface area contributed by atoms with Gasteiger partial charge in [-0.25, -0.2) is 0 Å². The summed E-state index contributed by atoms with van der Waals surface area (Å²) < 4.78 is 0. The van der Waals surface area contributed by atoms with Crippen LogP contribution in [0.5, 0.6) is 0 Å². The first-order valence-electron chi connectivity index (χ1n) is 4.20. The van der Waals surface area contributed by atoms with Crippen LogP contribution < -0.4 is 0 Å². The number of hydrogen-bond donors (Lipinski definition) is 0. The van der Waals surface area contributed by atoms with E-state index in [-0.39, 0.29) is 0 Å². The SMILES string of the molecule is Clc1cccc2c1[C@H](Br)CCC2. The van der Waals surface area contributed by atoms with Crippen LogP contribution in [0.3, 0.4) is 0 Å². The molecule has 1 atom stereocenters. The lowest BCUT2D eigenvalue weighted by Crippen LogP contribution is -2.05. The summed E-state index contributed by atoms with van der Waals surface area (Å²) in [5.74, 6) is 0.